The minimum atomic E-state index is -0.593. The molecule has 0 aromatic carbocycles. The molecular formula is C31H53NO8. The average Bonchev–Trinajstić information content (AvgIpc) is 3.46. The predicted molar refractivity (Wildman–Crippen MR) is 152 cm³/mol. The molecule has 2 saturated heterocycles. The molecule has 0 bridgehead atoms. The molecule has 0 saturated carbocycles. The number of Topliss-reactive ketones (excluding diaryl/α,β-unsaturated/α-hetero) is 2. The maximum absolute atomic E-state index is 13.2. The van der Waals surface area contributed by atoms with Crippen LogP contribution in [-0.4, -0.2) is 74.2 Å². The quantitative estimate of drug-likeness (QED) is 0.167. The summed E-state index contributed by atoms with van der Waals surface area (Å²) in [6.45, 7) is 10.1. The van der Waals surface area contributed by atoms with E-state index in [0.717, 1.165) is 38.5 Å². The van der Waals surface area contributed by atoms with Gasteiger partial charge >= 0.3 is 11.9 Å². The highest BCUT2D eigenvalue weighted by Crippen LogP contribution is 2.32. The van der Waals surface area contributed by atoms with Crippen molar-refractivity contribution >= 4 is 23.5 Å². The summed E-state index contributed by atoms with van der Waals surface area (Å²) in [5.74, 6) is -0.323. The second-order valence-electron chi connectivity index (χ2n) is 12.4. The van der Waals surface area contributed by atoms with Crippen molar-refractivity contribution in [2.24, 2.45) is 17.8 Å². The molecule has 6 unspecified atom stereocenters. The molecule has 1 N–H and O–H groups in total. The molecule has 2 aliphatic heterocycles. The Morgan fingerprint density at radius 1 is 0.750 bits per heavy atom. The summed E-state index contributed by atoms with van der Waals surface area (Å²) in [6.07, 6.45) is 6.31. The molecule has 0 aliphatic carbocycles. The Bertz CT molecular complexity index is 813. The zero-order chi connectivity index (χ0) is 29.7. The van der Waals surface area contributed by atoms with Crippen molar-refractivity contribution in [3.8, 4) is 0 Å². The van der Waals surface area contributed by atoms with Crippen LogP contribution in [0.15, 0.2) is 0 Å². The van der Waals surface area contributed by atoms with E-state index in [2.05, 4.69) is 5.32 Å². The second kappa shape index (κ2) is 17.9. The fourth-order valence-corrected chi connectivity index (χ4v) is 5.52. The number of likely N-dealkylation sites (N-methyl/N-ethyl adjacent to an activating group) is 1. The number of nitrogens with one attached hydrogen (secondary N) is 1. The highest BCUT2D eigenvalue weighted by Gasteiger charge is 2.51. The van der Waals surface area contributed by atoms with Crippen molar-refractivity contribution in [1.29, 1.82) is 0 Å². The van der Waals surface area contributed by atoms with Crippen LogP contribution in [0.2, 0.25) is 0 Å². The summed E-state index contributed by atoms with van der Waals surface area (Å²) < 4.78 is 23.3. The van der Waals surface area contributed by atoms with E-state index in [1.807, 2.05) is 27.7 Å². The van der Waals surface area contributed by atoms with E-state index in [0.29, 0.717) is 31.6 Å². The Balaban J connectivity index is 1.79. The molecule has 2 heterocycles. The summed E-state index contributed by atoms with van der Waals surface area (Å²) in [6, 6.07) is -0.402. The number of rotatable bonds is 20. The zero-order valence-corrected chi connectivity index (χ0v) is 25.6. The number of carbonyl (C=O) groups is 4. The number of ether oxygens (including phenoxy) is 4. The average molecular weight is 568 g/mol. The summed E-state index contributed by atoms with van der Waals surface area (Å²) in [5.41, 5.74) is 0. The van der Waals surface area contributed by atoms with Gasteiger partial charge in [-0.3, -0.25) is 14.4 Å². The van der Waals surface area contributed by atoms with Gasteiger partial charge in [0.25, 0.3) is 0 Å². The van der Waals surface area contributed by atoms with Gasteiger partial charge in [0.2, 0.25) is 0 Å². The van der Waals surface area contributed by atoms with Crippen LogP contribution in [0.25, 0.3) is 0 Å². The lowest BCUT2D eigenvalue weighted by molar-refractivity contribution is -0.161. The predicted octanol–water partition coefficient (Wildman–Crippen LogP) is 4.57. The number of carbonyl (C=O) groups excluding carboxylic acids is 4. The monoisotopic (exact) mass is 567 g/mol. The Labute approximate surface area is 240 Å². The van der Waals surface area contributed by atoms with Crippen molar-refractivity contribution in [2.75, 3.05) is 20.3 Å². The number of unbranched alkanes of at least 4 members (excludes halogenated alkanes) is 5. The van der Waals surface area contributed by atoms with Crippen LogP contribution in [-0.2, 0) is 38.1 Å². The van der Waals surface area contributed by atoms with Gasteiger partial charge in [-0.25, -0.2) is 0 Å². The molecule has 0 spiro atoms. The molecule has 0 amide bonds. The number of hydrogen-bond donors (Lipinski definition) is 1. The third kappa shape index (κ3) is 12.0. The first-order valence-electron chi connectivity index (χ1n) is 15.3. The number of hydrogen-bond acceptors (Lipinski definition) is 9. The van der Waals surface area contributed by atoms with Crippen molar-refractivity contribution in [3.63, 3.8) is 0 Å². The van der Waals surface area contributed by atoms with E-state index < -0.39 is 42.3 Å². The molecule has 9 nitrogen and oxygen atoms in total. The number of esters is 2. The van der Waals surface area contributed by atoms with Crippen LogP contribution >= 0.6 is 0 Å². The standard InChI is InChI=1S/C31H53NO8/c1-20(2)15-23(17-24(34)14-12-10-8-7-9-11-13-22(5)33)30(35)39-26-18-37-29-27(19-38-28(26)29)40-31(36)25(32-6)16-21(3)4/h20-21,23,25-29,32H,7-19H2,1-6H3. The maximum atomic E-state index is 13.2. The van der Waals surface area contributed by atoms with E-state index in [-0.39, 0.29) is 43.1 Å². The van der Waals surface area contributed by atoms with Crippen LogP contribution in [0.1, 0.15) is 105 Å². The SMILES string of the molecule is CNC(CC(C)C)C(=O)OC1COC2C(OC(=O)C(CC(=O)CCCCCCCCC(C)=O)CC(C)C)COC12. The van der Waals surface area contributed by atoms with Crippen molar-refractivity contribution in [3.05, 3.63) is 0 Å². The van der Waals surface area contributed by atoms with E-state index in [4.69, 9.17) is 18.9 Å². The zero-order valence-electron chi connectivity index (χ0n) is 25.6. The molecule has 0 aromatic rings. The van der Waals surface area contributed by atoms with Crippen molar-refractivity contribution < 1.29 is 38.1 Å². The summed E-state index contributed by atoms with van der Waals surface area (Å²) in [4.78, 5) is 49.5. The lowest BCUT2D eigenvalue weighted by Crippen LogP contribution is -2.42. The first kappa shape index (κ1) is 34.4. The van der Waals surface area contributed by atoms with Crippen LogP contribution in [0.4, 0.5) is 0 Å². The van der Waals surface area contributed by atoms with Crippen LogP contribution < -0.4 is 5.32 Å². The Hall–Kier alpha value is -1.84. The molecule has 2 rings (SSSR count). The highest BCUT2D eigenvalue weighted by molar-refractivity contribution is 5.84. The normalized spacial score (nSPS) is 23.7. The number of ketones is 2. The molecule has 0 aromatic heterocycles. The van der Waals surface area contributed by atoms with Gasteiger partial charge in [-0.2, -0.15) is 0 Å². The second-order valence-corrected chi connectivity index (χ2v) is 12.4. The minimum absolute atomic E-state index is 0.0873. The fourth-order valence-electron chi connectivity index (χ4n) is 5.52. The number of fused-ring (bicyclic) bond motifs is 1. The summed E-state index contributed by atoms with van der Waals surface area (Å²) in [7, 11) is 1.74. The Morgan fingerprint density at radius 2 is 1.25 bits per heavy atom. The smallest absolute Gasteiger partial charge is 0.323 e. The third-order valence-corrected chi connectivity index (χ3v) is 7.64. The molecule has 2 fully saturated rings. The van der Waals surface area contributed by atoms with Crippen molar-refractivity contribution in [2.45, 2.75) is 136 Å². The van der Waals surface area contributed by atoms with Gasteiger partial charge in [0.1, 0.15) is 29.8 Å². The van der Waals surface area contributed by atoms with Gasteiger partial charge in [0.05, 0.1) is 19.1 Å². The summed E-state index contributed by atoms with van der Waals surface area (Å²) >= 11 is 0. The third-order valence-electron chi connectivity index (χ3n) is 7.64. The van der Waals surface area contributed by atoms with Gasteiger partial charge < -0.3 is 29.1 Å². The Morgan fingerprint density at radius 3 is 1.75 bits per heavy atom. The van der Waals surface area contributed by atoms with Gasteiger partial charge in [-0.15, -0.1) is 0 Å². The van der Waals surface area contributed by atoms with E-state index in [1.165, 1.54) is 0 Å². The van der Waals surface area contributed by atoms with Crippen LogP contribution in [0.5, 0.6) is 0 Å². The van der Waals surface area contributed by atoms with Gasteiger partial charge in [0.15, 0.2) is 12.2 Å². The molecule has 2 aliphatic rings. The maximum Gasteiger partial charge on any atom is 0.323 e. The molecule has 9 heteroatoms. The van der Waals surface area contributed by atoms with E-state index in [9.17, 15) is 19.2 Å². The fraction of sp³-hybridized carbons (Fsp3) is 0.871. The molecule has 40 heavy (non-hydrogen) atoms. The van der Waals surface area contributed by atoms with Crippen LogP contribution in [0.3, 0.4) is 0 Å². The molecular weight excluding hydrogens is 514 g/mol. The van der Waals surface area contributed by atoms with Gasteiger partial charge in [-0.05, 0) is 51.5 Å². The summed E-state index contributed by atoms with van der Waals surface area (Å²) in [5, 5.41) is 3.01. The van der Waals surface area contributed by atoms with Gasteiger partial charge in [-0.1, -0.05) is 53.4 Å². The van der Waals surface area contributed by atoms with E-state index >= 15 is 0 Å². The highest BCUT2D eigenvalue weighted by atomic mass is 16.7. The molecule has 0 radical (unpaired) electrons. The molecule has 230 valence electrons. The lowest BCUT2D eigenvalue weighted by atomic mass is 9.91. The minimum Gasteiger partial charge on any atom is -0.457 e. The topological polar surface area (TPSA) is 117 Å². The van der Waals surface area contributed by atoms with Crippen LogP contribution in [0, 0.1) is 17.8 Å². The molecule has 6 atom stereocenters. The largest absolute Gasteiger partial charge is 0.457 e. The first-order valence-corrected chi connectivity index (χ1v) is 15.3. The van der Waals surface area contributed by atoms with Crippen molar-refractivity contribution in [1.82, 2.24) is 5.32 Å². The van der Waals surface area contributed by atoms with E-state index in [1.54, 1.807) is 14.0 Å². The first-order chi connectivity index (χ1) is 19.0. The lowest BCUT2D eigenvalue weighted by Gasteiger charge is -2.22. The Kier molecular flexibility index (Phi) is 15.3. The van der Waals surface area contributed by atoms with Gasteiger partial charge in [0, 0.05) is 19.3 Å².